The fraction of sp³-hybridized carbons (Fsp3) is 0.478. The molecule has 2 heterocycles. The van der Waals surface area contributed by atoms with Gasteiger partial charge in [0, 0.05) is 31.5 Å². The van der Waals surface area contributed by atoms with Gasteiger partial charge in [-0.2, -0.15) is 52.7 Å². The Labute approximate surface area is 217 Å². The Morgan fingerprint density at radius 3 is 1.95 bits per heavy atom. The first kappa shape index (κ1) is 31.3. The highest BCUT2D eigenvalue weighted by Gasteiger charge is 2.62. The molecule has 2 atom stereocenters. The molecule has 1 aromatic carbocycles. The van der Waals surface area contributed by atoms with Crippen molar-refractivity contribution in [2.24, 2.45) is 0 Å². The third kappa shape index (κ3) is 6.23. The number of hydrogen-bond acceptors (Lipinski definition) is 4. The molecule has 1 fully saturated rings. The van der Waals surface area contributed by atoms with Gasteiger partial charge >= 0.3 is 24.7 Å². The highest BCUT2D eigenvalue weighted by molar-refractivity contribution is 5.75. The molecular formula is C23H19F12N3O2. The van der Waals surface area contributed by atoms with Crippen molar-refractivity contribution in [1.29, 1.82) is 0 Å². The van der Waals surface area contributed by atoms with Crippen LogP contribution in [0.1, 0.15) is 47.7 Å². The first-order valence-corrected chi connectivity index (χ1v) is 11.3. The van der Waals surface area contributed by atoms with Crippen molar-refractivity contribution in [3.63, 3.8) is 0 Å². The van der Waals surface area contributed by atoms with Gasteiger partial charge in [-0.05, 0) is 29.8 Å². The first-order chi connectivity index (χ1) is 18.1. The lowest BCUT2D eigenvalue weighted by atomic mass is 9.77. The topological polar surface area (TPSA) is 65.5 Å². The van der Waals surface area contributed by atoms with E-state index in [0.29, 0.717) is 4.90 Å². The van der Waals surface area contributed by atoms with Gasteiger partial charge in [0.05, 0.1) is 11.1 Å². The Morgan fingerprint density at radius 2 is 1.50 bits per heavy atom. The van der Waals surface area contributed by atoms with Crippen molar-refractivity contribution < 1.29 is 62.6 Å². The zero-order valence-electron chi connectivity index (χ0n) is 20.1. The number of aliphatic hydroxyl groups excluding tert-OH is 1. The summed E-state index contributed by atoms with van der Waals surface area (Å²) in [4.78, 5) is 15.0. The van der Waals surface area contributed by atoms with Crippen LogP contribution in [0.4, 0.5) is 58.5 Å². The Hall–Kier alpha value is -3.24. The molecule has 222 valence electrons. The minimum absolute atomic E-state index is 0.0715. The number of amides is 1. The molecule has 3 rings (SSSR count). The summed E-state index contributed by atoms with van der Waals surface area (Å²) in [5, 5.41) is 12.6. The average Bonchev–Trinajstić information content (AvgIpc) is 3.19. The average molecular weight is 597 g/mol. The van der Waals surface area contributed by atoms with Crippen molar-refractivity contribution in [3.05, 3.63) is 58.3 Å². The third-order valence-corrected chi connectivity index (χ3v) is 6.34. The summed E-state index contributed by atoms with van der Waals surface area (Å²) in [6, 6.07) is 0.920. The highest BCUT2D eigenvalue weighted by Crippen LogP contribution is 2.52. The Balaban J connectivity index is 2.15. The molecule has 0 spiro atoms. The number of rotatable bonds is 5. The minimum atomic E-state index is -5.56. The number of alkyl halides is 12. The molecule has 1 saturated heterocycles. The predicted molar refractivity (Wildman–Crippen MR) is 114 cm³/mol. The molecule has 1 aromatic heterocycles. The Bertz CT molecular complexity index is 1220. The van der Waals surface area contributed by atoms with Gasteiger partial charge < -0.3 is 15.3 Å². The first-order valence-electron chi connectivity index (χ1n) is 11.3. The third-order valence-electron chi connectivity index (χ3n) is 6.34. The number of carbonyl (C=O) groups is 1. The van der Waals surface area contributed by atoms with Crippen molar-refractivity contribution in [2.45, 2.75) is 62.7 Å². The largest absolute Gasteiger partial charge is 0.433 e. The second-order valence-corrected chi connectivity index (χ2v) is 8.99. The van der Waals surface area contributed by atoms with E-state index in [1.807, 2.05) is 0 Å². The summed E-state index contributed by atoms with van der Waals surface area (Å²) in [6.07, 6.45) is -25.6. The number of aromatic nitrogens is 1. The number of carbonyl (C=O) groups excluding carboxylic acids is 1. The predicted octanol–water partition coefficient (Wildman–Crippen LogP) is 6.19. The van der Waals surface area contributed by atoms with E-state index in [-0.39, 0.29) is 24.6 Å². The van der Waals surface area contributed by atoms with Crippen LogP contribution in [0.5, 0.6) is 0 Å². The lowest BCUT2D eigenvalue weighted by Crippen LogP contribution is -2.45. The number of hydrogen-bond donors (Lipinski definition) is 2. The number of nitrogens with zero attached hydrogens (tertiary/aromatic N) is 2. The minimum Gasteiger partial charge on any atom is -0.374 e. The maximum absolute atomic E-state index is 14.4. The zero-order chi connectivity index (χ0) is 30.5. The summed E-state index contributed by atoms with van der Waals surface area (Å²) < 4.78 is 164. The number of benzene rings is 1. The van der Waals surface area contributed by atoms with Crippen LogP contribution in [0.3, 0.4) is 0 Å². The molecule has 2 aromatic rings. The van der Waals surface area contributed by atoms with Crippen LogP contribution >= 0.6 is 0 Å². The normalized spacial score (nSPS) is 20.6. The standard InChI is InChI=1S/C23H19F12N3O2/c1-2-16(39)36-9-11-3-4-15(37-18(11)22(30,31)32)38-10-19(8-17(38)40,23(33,34)35)12-5-13(20(24,25)26)7-14(6-12)21(27,28)29/h3-7,17,40H,2,8-10H2,1H3,(H,36,39). The molecule has 0 bridgehead atoms. The summed E-state index contributed by atoms with van der Waals surface area (Å²) >= 11 is 0. The summed E-state index contributed by atoms with van der Waals surface area (Å²) in [5.74, 6) is -1.50. The lowest BCUT2D eigenvalue weighted by Gasteiger charge is -2.33. The summed E-state index contributed by atoms with van der Waals surface area (Å²) in [5.41, 5.74) is -11.3. The van der Waals surface area contributed by atoms with Gasteiger partial charge in [0.25, 0.3) is 0 Å². The molecule has 40 heavy (non-hydrogen) atoms. The van der Waals surface area contributed by atoms with Gasteiger partial charge in [0.15, 0.2) is 5.69 Å². The van der Waals surface area contributed by atoms with Crippen molar-refractivity contribution >= 4 is 11.7 Å². The fourth-order valence-electron chi connectivity index (χ4n) is 4.27. The molecule has 0 saturated carbocycles. The SMILES string of the molecule is CCC(=O)NCc1ccc(N2CC(c3cc(C(F)(F)F)cc(C(F)(F)F)c3)(C(F)(F)F)CC2O)nc1C(F)(F)F. The van der Waals surface area contributed by atoms with Crippen LogP contribution in [0.15, 0.2) is 30.3 Å². The highest BCUT2D eigenvalue weighted by atomic mass is 19.4. The van der Waals surface area contributed by atoms with E-state index in [2.05, 4.69) is 10.3 Å². The second-order valence-electron chi connectivity index (χ2n) is 8.99. The van der Waals surface area contributed by atoms with Crippen LogP contribution in [-0.2, 0) is 35.3 Å². The van der Waals surface area contributed by atoms with Gasteiger partial charge in [-0.3, -0.25) is 4.79 Å². The van der Waals surface area contributed by atoms with Crippen LogP contribution in [0.2, 0.25) is 0 Å². The summed E-state index contributed by atoms with van der Waals surface area (Å²) in [6.45, 7) is -0.786. The monoisotopic (exact) mass is 597 g/mol. The van der Waals surface area contributed by atoms with E-state index in [0.717, 1.165) is 12.1 Å². The molecule has 0 aliphatic carbocycles. The van der Waals surface area contributed by atoms with Gasteiger partial charge in [-0.15, -0.1) is 0 Å². The number of pyridine rings is 1. The van der Waals surface area contributed by atoms with Gasteiger partial charge in [-0.1, -0.05) is 13.0 Å². The van der Waals surface area contributed by atoms with Gasteiger partial charge in [0.1, 0.15) is 17.5 Å². The van der Waals surface area contributed by atoms with Crippen molar-refractivity contribution in [3.8, 4) is 0 Å². The molecule has 5 nitrogen and oxygen atoms in total. The number of aliphatic hydroxyl groups is 1. The molecule has 1 aliphatic heterocycles. The maximum Gasteiger partial charge on any atom is 0.433 e. The Kier molecular flexibility index (Phi) is 8.06. The quantitative estimate of drug-likeness (QED) is 0.404. The molecule has 17 heteroatoms. The lowest BCUT2D eigenvalue weighted by molar-refractivity contribution is -0.187. The zero-order valence-corrected chi connectivity index (χ0v) is 20.1. The number of anilines is 1. The van der Waals surface area contributed by atoms with Crippen LogP contribution in [0, 0.1) is 0 Å². The fourth-order valence-corrected chi connectivity index (χ4v) is 4.27. The number of halogens is 12. The Morgan fingerprint density at radius 1 is 0.950 bits per heavy atom. The second kappa shape index (κ2) is 10.3. The molecule has 2 N–H and O–H groups in total. The van der Waals surface area contributed by atoms with Crippen LogP contribution in [0.25, 0.3) is 0 Å². The molecule has 1 amide bonds. The van der Waals surface area contributed by atoms with E-state index in [9.17, 15) is 62.6 Å². The summed E-state index contributed by atoms with van der Waals surface area (Å²) in [7, 11) is 0. The smallest absolute Gasteiger partial charge is 0.374 e. The van der Waals surface area contributed by atoms with E-state index in [1.54, 1.807) is 0 Å². The molecule has 2 unspecified atom stereocenters. The van der Waals surface area contributed by atoms with E-state index >= 15 is 0 Å². The van der Waals surface area contributed by atoms with Crippen LogP contribution in [-0.4, -0.2) is 34.9 Å². The van der Waals surface area contributed by atoms with Gasteiger partial charge in [0.2, 0.25) is 5.91 Å². The van der Waals surface area contributed by atoms with Crippen molar-refractivity contribution in [1.82, 2.24) is 10.3 Å². The van der Waals surface area contributed by atoms with Gasteiger partial charge in [-0.25, -0.2) is 4.98 Å². The van der Waals surface area contributed by atoms with Crippen LogP contribution < -0.4 is 10.2 Å². The van der Waals surface area contributed by atoms with E-state index < -0.39 is 95.5 Å². The molecule has 0 radical (unpaired) electrons. The van der Waals surface area contributed by atoms with Crippen molar-refractivity contribution in [2.75, 3.05) is 11.4 Å². The van der Waals surface area contributed by atoms with E-state index in [1.165, 1.54) is 6.92 Å². The molecule has 1 aliphatic rings. The number of nitrogens with one attached hydrogen (secondary N) is 1. The van der Waals surface area contributed by atoms with E-state index in [4.69, 9.17) is 0 Å². The molecular weight excluding hydrogens is 578 g/mol. The maximum atomic E-state index is 14.4.